The molecule has 0 spiro atoms. The second-order valence-corrected chi connectivity index (χ2v) is 5.71. The minimum atomic E-state index is -1.24. The third-order valence-electron chi connectivity index (χ3n) is 2.74. The standard InChI is InChI=1S/C14H10ClNOS/c15-12-7-6-11-8-9-16(14(11)10-12)18(17)13-4-2-1-3-5-13/h1-10H. The second-order valence-electron chi connectivity index (χ2n) is 3.91. The summed E-state index contributed by atoms with van der Waals surface area (Å²) < 4.78 is 14.2. The van der Waals surface area contributed by atoms with Crippen LogP contribution >= 0.6 is 11.6 Å². The van der Waals surface area contributed by atoms with E-state index in [0.717, 1.165) is 15.8 Å². The number of hydrogen-bond donors (Lipinski definition) is 0. The van der Waals surface area contributed by atoms with E-state index >= 15 is 0 Å². The van der Waals surface area contributed by atoms with Crippen LogP contribution < -0.4 is 0 Å². The molecule has 1 heterocycles. The molecular weight excluding hydrogens is 266 g/mol. The van der Waals surface area contributed by atoms with E-state index in [2.05, 4.69) is 0 Å². The molecule has 0 aliphatic heterocycles. The number of rotatable bonds is 2. The van der Waals surface area contributed by atoms with E-state index in [1.54, 1.807) is 3.97 Å². The summed E-state index contributed by atoms with van der Waals surface area (Å²) in [5, 5.41) is 1.68. The van der Waals surface area contributed by atoms with E-state index in [4.69, 9.17) is 11.6 Å². The van der Waals surface area contributed by atoms with Crippen LogP contribution in [0.15, 0.2) is 65.7 Å². The van der Waals surface area contributed by atoms with E-state index in [0.29, 0.717) is 5.02 Å². The molecule has 2 nitrogen and oxygen atoms in total. The van der Waals surface area contributed by atoms with Crippen LogP contribution in [0.1, 0.15) is 0 Å². The van der Waals surface area contributed by atoms with Gasteiger partial charge in [-0.05, 0) is 30.3 Å². The number of nitrogens with zero attached hydrogens (tertiary/aromatic N) is 1. The van der Waals surface area contributed by atoms with E-state index in [1.807, 2.05) is 60.8 Å². The van der Waals surface area contributed by atoms with Crippen molar-refractivity contribution < 1.29 is 4.21 Å². The number of halogens is 1. The predicted octanol–water partition coefficient (Wildman–Crippen LogP) is 3.87. The fourth-order valence-corrected chi connectivity index (χ4v) is 3.16. The lowest BCUT2D eigenvalue weighted by Crippen LogP contribution is -2.02. The van der Waals surface area contributed by atoms with Crippen molar-refractivity contribution in [1.29, 1.82) is 0 Å². The largest absolute Gasteiger partial charge is 0.263 e. The maximum atomic E-state index is 12.5. The first-order valence-electron chi connectivity index (χ1n) is 5.49. The summed E-state index contributed by atoms with van der Waals surface area (Å²) in [4.78, 5) is 0.773. The van der Waals surface area contributed by atoms with Crippen molar-refractivity contribution in [3.63, 3.8) is 0 Å². The molecule has 1 atom stereocenters. The Balaban J connectivity index is 2.15. The third kappa shape index (κ3) is 1.96. The Morgan fingerprint density at radius 3 is 2.56 bits per heavy atom. The van der Waals surface area contributed by atoms with Crippen LogP contribution in [0, 0.1) is 0 Å². The van der Waals surface area contributed by atoms with Gasteiger partial charge >= 0.3 is 0 Å². The van der Waals surface area contributed by atoms with Crippen molar-refractivity contribution in [2.24, 2.45) is 0 Å². The first kappa shape index (κ1) is 11.5. The molecular formula is C14H10ClNOS. The van der Waals surface area contributed by atoms with Gasteiger partial charge in [-0.15, -0.1) is 0 Å². The highest BCUT2D eigenvalue weighted by atomic mass is 35.5. The summed E-state index contributed by atoms with van der Waals surface area (Å²) in [5.41, 5.74) is 0.879. The molecule has 1 unspecified atom stereocenters. The van der Waals surface area contributed by atoms with Gasteiger partial charge in [-0.2, -0.15) is 0 Å². The number of aromatic nitrogens is 1. The highest BCUT2D eigenvalue weighted by Crippen LogP contribution is 2.22. The van der Waals surface area contributed by atoms with Crippen LogP contribution in [0.3, 0.4) is 0 Å². The summed E-state index contributed by atoms with van der Waals surface area (Å²) in [7, 11) is -1.24. The first-order chi connectivity index (χ1) is 8.75. The average molecular weight is 276 g/mol. The Morgan fingerprint density at radius 1 is 1.00 bits per heavy atom. The zero-order valence-electron chi connectivity index (χ0n) is 9.42. The van der Waals surface area contributed by atoms with Gasteiger partial charge in [0.05, 0.1) is 10.4 Å². The molecule has 0 saturated heterocycles. The topological polar surface area (TPSA) is 22.0 Å². The summed E-state index contributed by atoms with van der Waals surface area (Å²) >= 11 is 5.99. The van der Waals surface area contributed by atoms with Gasteiger partial charge in [0.25, 0.3) is 0 Å². The van der Waals surface area contributed by atoms with Crippen LogP contribution in [0.25, 0.3) is 10.9 Å². The highest BCUT2D eigenvalue weighted by molar-refractivity contribution is 7.83. The van der Waals surface area contributed by atoms with Gasteiger partial charge in [-0.25, -0.2) is 4.21 Å². The zero-order chi connectivity index (χ0) is 12.5. The molecule has 4 heteroatoms. The molecule has 0 saturated carbocycles. The van der Waals surface area contributed by atoms with Crippen molar-refractivity contribution >= 4 is 33.5 Å². The molecule has 1 aromatic heterocycles. The molecule has 18 heavy (non-hydrogen) atoms. The number of benzene rings is 2. The SMILES string of the molecule is O=S(c1ccccc1)n1ccc2ccc(Cl)cc21. The summed E-state index contributed by atoms with van der Waals surface area (Å²) in [5.74, 6) is 0. The maximum absolute atomic E-state index is 12.5. The van der Waals surface area contributed by atoms with E-state index < -0.39 is 11.0 Å². The Morgan fingerprint density at radius 2 is 1.78 bits per heavy atom. The molecule has 2 aromatic carbocycles. The highest BCUT2D eigenvalue weighted by Gasteiger charge is 2.09. The third-order valence-corrected chi connectivity index (χ3v) is 4.33. The Bertz CT molecular complexity index is 721. The lowest BCUT2D eigenvalue weighted by atomic mass is 10.2. The second kappa shape index (κ2) is 4.59. The molecule has 0 fully saturated rings. The van der Waals surface area contributed by atoms with Gasteiger partial charge in [0.2, 0.25) is 0 Å². The minimum Gasteiger partial charge on any atom is -0.263 e. The molecule has 3 rings (SSSR count). The van der Waals surface area contributed by atoms with Crippen molar-refractivity contribution in [2.45, 2.75) is 4.90 Å². The van der Waals surface area contributed by atoms with Gasteiger partial charge < -0.3 is 0 Å². The van der Waals surface area contributed by atoms with Crippen molar-refractivity contribution in [3.8, 4) is 0 Å². The molecule has 0 N–H and O–H groups in total. The van der Waals surface area contributed by atoms with E-state index in [9.17, 15) is 4.21 Å². The lowest BCUT2D eigenvalue weighted by Gasteiger charge is -2.05. The van der Waals surface area contributed by atoms with Crippen molar-refractivity contribution in [3.05, 3.63) is 65.8 Å². The Labute approximate surface area is 112 Å². The van der Waals surface area contributed by atoms with Gasteiger partial charge in [0.1, 0.15) is 0 Å². The molecule has 0 aliphatic carbocycles. The summed E-state index contributed by atoms with van der Waals surface area (Å²) in [6.45, 7) is 0. The van der Waals surface area contributed by atoms with Crippen LogP contribution in [0.4, 0.5) is 0 Å². The summed E-state index contributed by atoms with van der Waals surface area (Å²) in [6, 6.07) is 16.9. The quantitative estimate of drug-likeness (QED) is 0.696. The molecule has 3 aromatic rings. The predicted molar refractivity (Wildman–Crippen MR) is 75.2 cm³/mol. The summed E-state index contributed by atoms with van der Waals surface area (Å²) in [6.07, 6.45) is 1.82. The van der Waals surface area contributed by atoms with Gasteiger partial charge in [0, 0.05) is 16.6 Å². The first-order valence-corrected chi connectivity index (χ1v) is 6.98. The molecule has 0 radical (unpaired) electrons. The Kier molecular flexibility index (Phi) is 2.94. The lowest BCUT2D eigenvalue weighted by molar-refractivity contribution is 0.678. The van der Waals surface area contributed by atoms with Gasteiger partial charge in [-0.1, -0.05) is 35.9 Å². The fourth-order valence-electron chi connectivity index (χ4n) is 1.87. The van der Waals surface area contributed by atoms with Crippen molar-refractivity contribution in [2.75, 3.05) is 0 Å². The smallest absolute Gasteiger partial charge is 0.157 e. The van der Waals surface area contributed by atoms with E-state index in [-0.39, 0.29) is 0 Å². The normalized spacial score (nSPS) is 12.7. The van der Waals surface area contributed by atoms with E-state index in [1.165, 1.54) is 0 Å². The maximum Gasteiger partial charge on any atom is 0.157 e. The van der Waals surface area contributed by atoms with Crippen LogP contribution in [0.2, 0.25) is 5.02 Å². The monoisotopic (exact) mass is 275 g/mol. The fraction of sp³-hybridized carbons (Fsp3) is 0. The van der Waals surface area contributed by atoms with Gasteiger partial charge in [0.15, 0.2) is 11.0 Å². The van der Waals surface area contributed by atoms with Crippen molar-refractivity contribution in [1.82, 2.24) is 3.97 Å². The molecule has 0 aliphatic rings. The zero-order valence-corrected chi connectivity index (χ0v) is 11.0. The van der Waals surface area contributed by atoms with Crippen LogP contribution in [-0.4, -0.2) is 8.18 Å². The van der Waals surface area contributed by atoms with Crippen LogP contribution in [-0.2, 0) is 11.0 Å². The Hall–Kier alpha value is -1.58. The minimum absolute atomic E-state index is 0.646. The molecule has 0 amide bonds. The van der Waals surface area contributed by atoms with Gasteiger partial charge in [-0.3, -0.25) is 3.97 Å². The molecule has 0 bridgehead atoms. The molecule has 90 valence electrons. The average Bonchev–Trinajstić information content (AvgIpc) is 2.82. The van der Waals surface area contributed by atoms with Crippen LogP contribution in [0.5, 0.6) is 0 Å². The number of fused-ring (bicyclic) bond motifs is 1. The number of hydrogen-bond acceptors (Lipinski definition) is 1.